The third kappa shape index (κ3) is 4.81. The number of benzene rings is 10. The maximum atomic E-state index is 2.43. The van der Waals surface area contributed by atoms with Crippen LogP contribution in [0, 0.1) is 0 Å². The lowest BCUT2D eigenvalue weighted by Gasteiger charge is -2.26. The Bertz CT molecular complexity index is 3440. The van der Waals surface area contributed by atoms with Gasteiger partial charge in [-0.25, -0.2) is 0 Å². The quantitative estimate of drug-likeness (QED) is 0.162. The molecule has 12 rings (SSSR count). The highest BCUT2D eigenvalue weighted by atomic mass is 32.1. The first kappa shape index (κ1) is 32.5. The van der Waals surface area contributed by atoms with Crippen LogP contribution in [0.2, 0.25) is 0 Å². The predicted octanol–water partition coefficient (Wildman–Crippen LogP) is 16.1. The molecule has 0 aliphatic heterocycles. The molecule has 0 amide bonds. The zero-order chi connectivity index (χ0) is 37.8. The molecule has 0 saturated heterocycles. The first-order valence-electron chi connectivity index (χ1n) is 19.8. The van der Waals surface area contributed by atoms with Crippen LogP contribution >= 0.6 is 11.3 Å². The molecule has 1 aromatic heterocycles. The molecule has 0 spiro atoms. The maximum Gasteiger partial charge on any atom is 0.0476 e. The summed E-state index contributed by atoms with van der Waals surface area (Å²) in [5, 5.41) is 12.9. The summed E-state index contributed by atoms with van der Waals surface area (Å²) in [5.41, 5.74) is 11.4. The summed E-state index contributed by atoms with van der Waals surface area (Å²) in [4.78, 5) is 2.43. The Labute approximate surface area is 335 Å². The van der Waals surface area contributed by atoms with Gasteiger partial charge in [0.15, 0.2) is 0 Å². The third-order valence-corrected chi connectivity index (χ3v) is 13.7. The highest BCUT2D eigenvalue weighted by molar-refractivity contribution is 7.25. The molecule has 0 radical (unpaired) electrons. The Morgan fingerprint density at radius 3 is 1.75 bits per heavy atom. The van der Waals surface area contributed by atoms with Crippen LogP contribution in [-0.4, -0.2) is 0 Å². The summed E-state index contributed by atoms with van der Waals surface area (Å²) in [6.45, 7) is 4.71. The van der Waals surface area contributed by atoms with Crippen molar-refractivity contribution in [1.82, 2.24) is 0 Å². The minimum absolute atomic E-state index is 0.0370. The van der Waals surface area contributed by atoms with Crippen LogP contribution in [0.5, 0.6) is 0 Å². The number of thiophene rings is 1. The molecule has 0 saturated carbocycles. The van der Waals surface area contributed by atoms with Gasteiger partial charge < -0.3 is 4.90 Å². The van der Waals surface area contributed by atoms with Crippen molar-refractivity contribution in [3.8, 4) is 22.3 Å². The molecule has 268 valence electrons. The van der Waals surface area contributed by atoms with E-state index in [2.05, 4.69) is 207 Å². The summed E-state index contributed by atoms with van der Waals surface area (Å²) in [5.74, 6) is 0. The second-order valence-corrected chi connectivity index (χ2v) is 17.2. The van der Waals surface area contributed by atoms with Crippen LogP contribution in [-0.2, 0) is 5.41 Å². The highest BCUT2D eigenvalue weighted by Gasteiger charge is 2.36. The summed E-state index contributed by atoms with van der Waals surface area (Å²) in [6.07, 6.45) is 0. The molecule has 1 aliphatic rings. The van der Waals surface area contributed by atoms with Crippen LogP contribution in [0.25, 0.3) is 85.5 Å². The molecule has 10 aromatic carbocycles. The molecule has 1 aliphatic carbocycles. The Kier molecular flexibility index (Phi) is 6.91. The Balaban J connectivity index is 1.04. The van der Waals surface area contributed by atoms with Gasteiger partial charge in [0.05, 0.1) is 0 Å². The second kappa shape index (κ2) is 12.1. The van der Waals surface area contributed by atoms with Crippen molar-refractivity contribution in [1.29, 1.82) is 0 Å². The molecule has 0 bridgehead atoms. The van der Waals surface area contributed by atoms with Crippen LogP contribution in [0.4, 0.5) is 17.1 Å². The first-order valence-corrected chi connectivity index (χ1v) is 20.7. The SMILES string of the molecule is CC1(C)c2ccccc2-c2c(-c3ccc(N(c4ccc5c(ccc6ccc7ccc8ccccc8c7c65)c4)c4ccc5c(c4)sc4ccccc45)cc3)cccc21. The Hall–Kier alpha value is -6.74. The van der Waals surface area contributed by atoms with Gasteiger partial charge in [0.25, 0.3) is 0 Å². The van der Waals surface area contributed by atoms with Crippen molar-refractivity contribution in [2.75, 3.05) is 4.90 Å². The summed E-state index contributed by atoms with van der Waals surface area (Å²) < 4.78 is 2.61. The van der Waals surface area contributed by atoms with Crippen LogP contribution in [0.15, 0.2) is 188 Å². The number of anilines is 3. The molecule has 2 heteroatoms. The summed E-state index contributed by atoms with van der Waals surface area (Å²) in [6, 6.07) is 70.2. The van der Waals surface area contributed by atoms with E-state index in [1.807, 2.05) is 11.3 Å². The zero-order valence-electron chi connectivity index (χ0n) is 31.8. The van der Waals surface area contributed by atoms with E-state index in [0.29, 0.717) is 0 Å². The fourth-order valence-electron chi connectivity index (χ4n) is 9.86. The van der Waals surface area contributed by atoms with Gasteiger partial charge in [-0.15, -0.1) is 11.3 Å². The topological polar surface area (TPSA) is 3.24 Å². The largest absolute Gasteiger partial charge is 0.310 e. The zero-order valence-corrected chi connectivity index (χ0v) is 32.6. The van der Waals surface area contributed by atoms with E-state index >= 15 is 0 Å². The van der Waals surface area contributed by atoms with Crippen molar-refractivity contribution in [2.24, 2.45) is 0 Å². The van der Waals surface area contributed by atoms with Gasteiger partial charge >= 0.3 is 0 Å². The molecular weight excluding hydrogens is 707 g/mol. The fourth-order valence-corrected chi connectivity index (χ4v) is 11.0. The lowest BCUT2D eigenvalue weighted by Crippen LogP contribution is -2.14. The monoisotopic (exact) mass is 743 g/mol. The van der Waals surface area contributed by atoms with E-state index in [1.54, 1.807) is 0 Å². The van der Waals surface area contributed by atoms with Gasteiger partial charge in [-0.2, -0.15) is 0 Å². The third-order valence-electron chi connectivity index (χ3n) is 12.6. The molecule has 0 N–H and O–H groups in total. The summed E-state index contributed by atoms with van der Waals surface area (Å²) >= 11 is 1.87. The molecule has 57 heavy (non-hydrogen) atoms. The minimum atomic E-state index is -0.0370. The highest BCUT2D eigenvalue weighted by Crippen LogP contribution is 2.52. The van der Waals surface area contributed by atoms with E-state index in [9.17, 15) is 0 Å². The first-order chi connectivity index (χ1) is 28.0. The van der Waals surface area contributed by atoms with Crippen LogP contribution < -0.4 is 4.90 Å². The van der Waals surface area contributed by atoms with Gasteiger partial charge in [0.2, 0.25) is 0 Å². The van der Waals surface area contributed by atoms with Crippen molar-refractivity contribution in [3.63, 3.8) is 0 Å². The molecule has 11 aromatic rings. The van der Waals surface area contributed by atoms with Crippen molar-refractivity contribution < 1.29 is 0 Å². The van der Waals surface area contributed by atoms with Crippen molar-refractivity contribution in [3.05, 3.63) is 199 Å². The van der Waals surface area contributed by atoms with E-state index < -0.39 is 0 Å². The number of nitrogens with zero attached hydrogens (tertiary/aromatic N) is 1. The number of hydrogen-bond donors (Lipinski definition) is 0. The molecule has 1 nitrogen and oxygen atoms in total. The average Bonchev–Trinajstić information content (AvgIpc) is 3.75. The second-order valence-electron chi connectivity index (χ2n) is 16.1. The normalized spacial score (nSPS) is 13.2. The van der Waals surface area contributed by atoms with E-state index in [4.69, 9.17) is 0 Å². The average molecular weight is 744 g/mol. The molecular formula is C55H37NS. The minimum Gasteiger partial charge on any atom is -0.310 e. The van der Waals surface area contributed by atoms with Gasteiger partial charge in [-0.05, 0) is 119 Å². The molecule has 0 atom stereocenters. The van der Waals surface area contributed by atoms with E-state index in [-0.39, 0.29) is 5.41 Å². The molecule has 0 unspecified atom stereocenters. The van der Waals surface area contributed by atoms with Gasteiger partial charge in [-0.3, -0.25) is 0 Å². The molecule has 1 heterocycles. The number of fused-ring (bicyclic) bond motifs is 13. The maximum absolute atomic E-state index is 2.43. The van der Waals surface area contributed by atoms with Crippen LogP contribution in [0.3, 0.4) is 0 Å². The standard InChI is InChI=1S/C55H37NS/c1-55(2)48-15-7-5-13-47(48)54-43(14-9-16-49(54)55)35-24-26-39(27-25-35)56(41-29-31-46-45-12-6-8-17-50(45)57-51(46)33-41)40-28-30-44-38(32-40)23-22-37-21-20-36-19-18-34-10-3-4-11-42(34)52(36)53(37)44/h3-33H,1-2H3. The lowest BCUT2D eigenvalue weighted by atomic mass is 9.82. The molecule has 0 fully saturated rings. The van der Waals surface area contributed by atoms with Gasteiger partial charge in [0, 0.05) is 42.6 Å². The predicted molar refractivity (Wildman–Crippen MR) is 247 cm³/mol. The lowest BCUT2D eigenvalue weighted by molar-refractivity contribution is 0.660. The van der Waals surface area contributed by atoms with Gasteiger partial charge in [0.1, 0.15) is 0 Å². The Morgan fingerprint density at radius 2 is 0.947 bits per heavy atom. The smallest absolute Gasteiger partial charge is 0.0476 e. The van der Waals surface area contributed by atoms with Crippen LogP contribution in [0.1, 0.15) is 25.0 Å². The van der Waals surface area contributed by atoms with E-state index in [1.165, 1.54) is 96.6 Å². The number of hydrogen-bond acceptors (Lipinski definition) is 2. The fraction of sp³-hybridized carbons (Fsp3) is 0.0545. The Morgan fingerprint density at radius 1 is 0.386 bits per heavy atom. The van der Waals surface area contributed by atoms with Gasteiger partial charge in [-0.1, -0.05) is 159 Å². The van der Waals surface area contributed by atoms with E-state index in [0.717, 1.165) is 17.1 Å². The van der Waals surface area contributed by atoms with Crippen molar-refractivity contribution in [2.45, 2.75) is 19.3 Å². The summed E-state index contributed by atoms with van der Waals surface area (Å²) in [7, 11) is 0. The van der Waals surface area contributed by atoms with Crippen molar-refractivity contribution >= 4 is 91.7 Å². The number of rotatable bonds is 4.